The number of hydrogen-bond donors (Lipinski definition) is 2. The lowest BCUT2D eigenvalue weighted by Gasteiger charge is -2.11. The number of nitrogens with one attached hydrogen (secondary N) is 1. The maximum absolute atomic E-state index is 12.4. The van der Waals surface area contributed by atoms with E-state index < -0.39 is 5.97 Å². The maximum atomic E-state index is 12.4. The largest absolute Gasteiger partial charge is 0.491 e. The zero-order valence-corrected chi connectivity index (χ0v) is 15.2. The van der Waals surface area contributed by atoms with Crippen LogP contribution in [0.15, 0.2) is 42.5 Å². The van der Waals surface area contributed by atoms with Crippen molar-refractivity contribution in [3.8, 4) is 5.75 Å². The maximum Gasteiger partial charge on any atom is 0.338 e. The van der Waals surface area contributed by atoms with Crippen LogP contribution < -0.4 is 15.8 Å². The third-order valence-corrected chi connectivity index (χ3v) is 3.43. The Morgan fingerprint density at radius 1 is 1.12 bits per heavy atom. The van der Waals surface area contributed by atoms with Crippen LogP contribution in [0, 0.1) is 0 Å². The minimum Gasteiger partial charge on any atom is -0.491 e. The normalized spacial score (nSPS) is 10.5. The van der Waals surface area contributed by atoms with Crippen molar-refractivity contribution in [3.05, 3.63) is 53.6 Å². The molecule has 2 rings (SSSR count). The fourth-order valence-electron chi connectivity index (χ4n) is 2.24. The second-order valence-electron chi connectivity index (χ2n) is 6.09. The van der Waals surface area contributed by atoms with Gasteiger partial charge < -0.3 is 20.5 Å². The van der Waals surface area contributed by atoms with Gasteiger partial charge >= 0.3 is 5.97 Å². The van der Waals surface area contributed by atoms with Gasteiger partial charge in [0.2, 0.25) is 0 Å². The van der Waals surface area contributed by atoms with Crippen LogP contribution >= 0.6 is 0 Å². The topological polar surface area (TPSA) is 90.6 Å². The van der Waals surface area contributed by atoms with Gasteiger partial charge in [-0.25, -0.2) is 4.79 Å². The monoisotopic (exact) mass is 356 g/mol. The Morgan fingerprint density at radius 2 is 1.88 bits per heavy atom. The summed E-state index contributed by atoms with van der Waals surface area (Å²) in [6.07, 6.45) is 0.661. The lowest BCUT2D eigenvalue weighted by Crippen LogP contribution is -2.14. The van der Waals surface area contributed by atoms with Gasteiger partial charge in [0.15, 0.2) is 0 Å². The minimum atomic E-state index is -0.433. The molecule has 0 aromatic heterocycles. The average molecular weight is 356 g/mol. The van der Waals surface area contributed by atoms with Gasteiger partial charge in [-0.15, -0.1) is 0 Å². The van der Waals surface area contributed by atoms with E-state index in [1.165, 1.54) is 0 Å². The number of esters is 1. The molecule has 2 aromatic rings. The highest BCUT2D eigenvalue weighted by Gasteiger charge is 2.12. The lowest BCUT2D eigenvalue weighted by molar-refractivity contribution is 0.0377. The van der Waals surface area contributed by atoms with Gasteiger partial charge in [-0.3, -0.25) is 4.79 Å². The Bertz CT molecular complexity index is 787. The predicted molar refractivity (Wildman–Crippen MR) is 102 cm³/mol. The Morgan fingerprint density at radius 3 is 2.54 bits per heavy atom. The number of nitrogens with two attached hydrogens (primary N) is 1. The first-order valence-electron chi connectivity index (χ1n) is 8.55. The third-order valence-electron chi connectivity index (χ3n) is 3.43. The van der Waals surface area contributed by atoms with E-state index in [4.69, 9.17) is 15.2 Å². The molecule has 0 aliphatic heterocycles. The molecule has 6 heteroatoms. The lowest BCUT2D eigenvalue weighted by atomic mass is 10.1. The molecule has 0 saturated heterocycles. The Kier molecular flexibility index (Phi) is 6.60. The summed E-state index contributed by atoms with van der Waals surface area (Å²) in [6, 6.07) is 11.5. The summed E-state index contributed by atoms with van der Waals surface area (Å²) >= 11 is 0. The molecule has 6 nitrogen and oxygen atoms in total. The van der Waals surface area contributed by atoms with Crippen LogP contribution in [0.4, 0.5) is 11.4 Å². The molecular weight excluding hydrogens is 332 g/mol. The van der Waals surface area contributed by atoms with E-state index in [9.17, 15) is 9.59 Å². The summed E-state index contributed by atoms with van der Waals surface area (Å²) in [5.41, 5.74) is 7.62. The van der Waals surface area contributed by atoms with Crippen molar-refractivity contribution >= 4 is 23.3 Å². The van der Waals surface area contributed by atoms with Crippen LogP contribution in [0.1, 0.15) is 47.9 Å². The summed E-state index contributed by atoms with van der Waals surface area (Å²) in [7, 11) is 0. The number of carbonyl (C=O) groups excluding carboxylic acids is 2. The number of ether oxygens (including phenoxy) is 2. The Hall–Kier alpha value is -3.02. The second-order valence-corrected chi connectivity index (χ2v) is 6.09. The molecule has 0 atom stereocenters. The molecule has 0 heterocycles. The van der Waals surface area contributed by atoms with Gasteiger partial charge in [0.25, 0.3) is 5.91 Å². The summed E-state index contributed by atoms with van der Waals surface area (Å²) in [5.74, 6) is -0.201. The van der Waals surface area contributed by atoms with E-state index >= 15 is 0 Å². The number of anilines is 2. The van der Waals surface area contributed by atoms with Crippen LogP contribution in [0.25, 0.3) is 0 Å². The van der Waals surface area contributed by atoms with Gasteiger partial charge in [0, 0.05) is 11.3 Å². The predicted octanol–water partition coefficient (Wildman–Crippen LogP) is 3.88. The SMILES string of the molecule is CCCOc1ccc(C(=O)Nc2cccc(C(=O)OC(C)C)c2)cc1N. The van der Waals surface area contributed by atoms with Crippen molar-refractivity contribution in [2.24, 2.45) is 0 Å². The number of hydrogen-bond acceptors (Lipinski definition) is 5. The van der Waals surface area contributed by atoms with E-state index in [1.54, 1.807) is 56.3 Å². The second kappa shape index (κ2) is 8.89. The van der Waals surface area contributed by atoms with Crippen LogP contribution in [-0.4, -0.2) is 24.6 Å². The van der Waals surface area contributed by atoms with E-state index in [-0.39, 0.29) is 12.0 Å². The van der Waals surface area contributed by atoms with Crippen molar-refractivity contribution in [1.82, 2.24) is 0 Å². The number of benzene rings is 2. The van der Waals surface area contributed by atoms with E-state index in [1.807, 2.05) is 6.92 Å². The molecule has 138 valence electrons. The highest BCUT2D eigenvalue weighted by molar-refractivity contribution is 6.05. The standard InChI is InChI=1S/C20H24N2O4/c1-4-10-25-18-9-8-14(12-17(18)21)19(23)22-16-7-5-6-15(11-16)20(24)26-13(2)3/h5-9,11-13H,4,10,21H2,1-3H3,(H,22,23). The first-order valence-corrected chi connectivity index (χ1v) is 8.55. The molecule has 0 spiro atoms. The van der Waals surface area contributed by atoms with E-state index in [0.29, 0.717) is 34.9 Å². The molecule has 0 fully saturated rings. The highest BCUT2D eigenvalue weighted by atomic mass is 16.5. The Labute approximate surface area is 153 Å². The first-order chi connectivity index (χ1) is 12.4. The summed E-state index contributed by atoms with van der Waals surface area (Å²) in [5, 5.41) is 2.75. The quantitative estimate of drug-likeness (QED) is 0.580. The summed E-state index contributed by atoms with van der Waals surface area (Å²) in [6.45, 7) is 6.13. The molecule has 3 N–H and O–H groups in total. The summed E-state index contributed by atoms with van der Waals surface area (Å²) < 4.78 is 10.7. The van der Waals surface area contributed by atoms with Crippen molar-refractivity contribution < 1.29 is 19.1 Å². The third kappa shape index (κ3) is 5.24. The molecule has 1 amide bonds. The molecule has 26 heavy (non-hydrogen) atoms. The minimum absolute atomic E-state index is 0.211. The van der Waals surface area contributed by atoms with Crippen LogP contribution in [0.3, 0.4) is 0 Å². The van der Waals surface area contributed by atoms with Gasteiger partial charge in [0.05, 0.1) is 24.0 Å². The molecule has 0 aliphatic carbocycles. The van der Waals surface area contributed by atoms with Crippen LogP contribution in [-0.2, 0) is 4.74 Å². The van der Waals surface area contributed by atoms with Gasteiger partial charge in [-0.05, 0) is 56.7 Å². The van der Waals surface area contributed by atoms with Crippen LogP contribution in [0.2, 0.25) is 0 Å². The number of carbonyl (C=O) groups is 2. The fourth-order valence-corrected chi connectivity index (χ4v) is 2.24. The molecule has 0 saturated carbocycles. The number of amides is 1. The van der Waals surface area contributed by atoms with Gasteiger partial charge in [-0.2, -0.15) is 0 Å². The van der Waals surface area contributed by atoms with Gasteiger partial charge in [-0.1, -0.05) is 13.0 Å². The van der Waals surface area contributed by atoms with Crippen molar-refractivity contribution in [2.45, 2.75) is 33.3 Å². The number of nitrogen functional groups attached to an aromatic ring is 1. The van der Waals surface area contributed by atoms with E-state index in [0.717, 1.165) is 6.42 Å². The summed E-state index contributed by atoms with van der Waals surface area (Å²) in [4.78, 5) is 24.4. The van der Waals surface area contributed by atoms with E-state index in [2.05, 4.69) is 5.32 Å². The molecule has 2 aromatic carbocycles. The molecule has 0 bridgehead atoms. The van der Waals surface area contributed by atoms with Crippen molar-refractivity contribution in [3.63, 3.8) is 0 Å². The smallest absolute Gasteiger partial charge is 0.338 e. The molecule has 0 radical (unpaired) electrons. The number of rotatable bonds is 7. The average Bonchev–Trinajstić information content (AvgIpc) is 2.60. The molecule has 0 aliphatic rings. The molecule has 0 unspecified atom stereocenters. The van der Waals surface area contributed by atoms with Crippen LogP contribution in [0.5, 0.6) is 5.75 Å². The van der Waals surface area contributed by atoms with Crippen molar-refractivity contribution in [1.29, 1.82) is 0 Å². The van der Waals surface area contributed by atoms with Gasteiger partial charge in [0.1, 0.15) is 5.75 Å². The molecular formula is C20H24N2O4. The zero-order valence-electron chi connectivity index (χ0n) is 15.2. The Balaban J connectivity index is 2.10. The fraction of sp³-hybridized carbons (Fsp3) is 0.300. The zero-order chi connectivity index (χ0) is 19.1. The highest BCUT2D eigenvalue weighted by Crippen LogP contribution is 2.23. The van der Waals surface area contributed by atoms with Crippen molar-refractivity contribution in [2.75, 3.05) is 17.7 Å². The first kappa shape index (κ1) is 19.3.